The highest BCUT2D eigenvalue weighted by Gasteiger charge is 2.32. The van der Waals surface area contributed by atoms with E-state index in [0.717, 1.165) is 5.56 Å². The Bertz CT molecular complexity index is 1200. The van der Waals surface area contributed by atoms with Crippen molar-refractivity contribution < 1.29 is 19.2 Å². The molecule has 0 bridgehead atoms. The fourth-order valence-corrected chi connectivity index (χ4v) is 4.07. The van der Waals surface area contributed by atoms with Gasteiger partial charge in [0, 0.05) is 36.7 Å². The van der Waals surface area contributed by atoms with E-state index in [4.69, 9.17) is 9.47 Å². The quantitative estimate of drug-likeness (QED) is 0.301. The largest absolute Gasteiger partial charge is 0.485 e. The van der Waals surface area contributed by atoms with Crippen LogP contribution in [0, 0.1) is 10.1 Å². The van der Waals surface area contributed by atoms with Gasteiger partial charge >= 0.3 is 11.7 Å². The van der Waals surface area contributed by atoms with Gasteiger partial charge in [-0.25, -0.2) is 9.97 Å². The van der Waals surface area contributed by atoms with Crippen molar-refractivity contribution in [3.05, 3.63) is 64.5 Å². The molecule has 1 saturated heterocycles. The molecule has 1 N–H and O–H groups in total. The number of nitrogens with one attached hydrogen (secondary N) is 1. The van der Waals surface area contributed by atoms with Gasteiger partial charge in [-0.15, -0.1) is 0 Å². The molecule has 1 atom stereocenters. The molecule has 178 valence electrons. The highest BCUT2D eigenvalue weighted by Crippen LogP contribution is 2.34. The van der Waals surface area contributed by atoms with Crippen LogP contribution in [0.4, 0.5) is 11.5 Å². The number of anilines is 1. The third-order valence-corrected chi connectivity index (χ3v) is 5.58. The number of esters is 1. The van der Waals surface area contributed by atoms with E-state index in [1.807, 2.05) is 56.0 Å². The lowest BCUT2D eigenvalue weighted by molar-refractivity contribution is -0.385. The molecule has 1 aromatic heterocycles. The number of benzene rings is 2. The molecule has 3 aromatic rings. The van der Waals surface area contributed by atoms with Gasteiger partial charge in [-0.2, -0.15) is 0 Å². The second-order valence-electron chi connectivity index (χ2n) is 8.89. The zero-order chi connectivity index (χ0) is 24.3. The van der Waals surface area contributed by atoms with Crippen molar-refractivity contribution in [1.82, 2.24) is 14.9 Å². The van der Waals surface area contributed by atoms with E-state index in [0.29, 0.717) is 29.8 Å². The molecule has 0 saturated carbocycles. The number of morpholine rings is 1. The van der Waals surface area contributed by atoms with E-state index < -0.39 is 10.5 Å². The normalized spacial score (nSPS) is 16.6. The summed E-state index contributed by atoms with van der Waals surface area (Å²) in [5, 5.41) is 15.7. The van der Waals surface area contributed by atoms with Crippen LogP contribution < -0.4 is 10.1 Å². The number of carbonyl (C=O) groups excluding carboxylic acids is 1. The van der Waals surface area contributed by atoms with E-state index in [-0.39, 0.29) is 36.6 Å². The highest BCUT2D eigenvalue weighted by molar-refractivity contribution is 5.92. The van der Waals surface area contributed by atoms with Gasteiger partial charge in [0.2, 0.25) is 0 Å². The number of hydrogen-bond donors (Lipinski definition) is 1. The molecule has 1 aliphatic heterocycles. The molecule has 2 heterocycles. The maximum atomic E-state index is 11.8. The van der Waals surface area contributed by atoms with Crippen molar-refractivity contribution in [2.45, 2.75) is 32.4 Å². The number of cyclic esters (lactones) is 1. The topological polar surface area (TPSA) is 120 Å². The number of nitrogens with zero attached hydrogens (tertiary/aromatic N) is 4. The Morgan fingerprint density at radius 2 is 2.03 bits per heavy atom. The monoisotopic (exact) mass is 465 g/mol. The molecular weight excluding hydrogens is 438 g/mol. The molecule has 0 amide bonds. The number of fused-ring (bicyclic) bond motifs is 1. The predicted molar refractivity (Wildman–Crippen MR) is 127 cm³/mol. The van der Waals surface area contributed by atoms with Crippen LogP contribution in [0.2, 0.25) is 0 Å². The lowest BCUT2D eigenvalue weighted by Crippen LogP contribution is -2.51. The number of rotatable bonds is 8. The van der Waals surface area contributed by atoms with Crippen LogP contribution >= 0.6 is 0 Å². The van der Waals surface area contributed by atoms with Gasteiger partial charge < -0.3 is 14.8 Å². The first-order valence-electron chi connectivity index (χ1n) is 11.0. The van der Waals surface area contributed by atoms with Gasteiger partial charge in [0.05, 0.1) is 17.0 Å². The molecular formula is C24H27N5O5. The SMILES string of the molecule is CC(Nc1ncnc2cc(OCCN3CC(=O)OC(C)(C)C3)c([N+](=O)[O-])cc12)c1ccccc1. The number of carbonyl (C=O) groups is 1. The van der Waals surface area contributed by atoms with Crippen molar-refractivity contribution >= 4 is 28.4 Å². The van der Waals surface area contributed by atoms with Crippen LogP contribution in [0.5, 0.6) is 5.75 Å². The Balaban J connectivity index is 1.53. The standard InChI is InChI=1S/C24H27N5O5/c1-16(17-7-5-4-6-8-17)27-23-18-11-20(29(31)32)21(12-19(18)25-15-26-23)33-10-9-28-13-22(30)34-24(2,3)14-28/h4-8,11-12,15-16H,9-10,13-14H2,1-3H3,(H,25,26,27). The predicted octanol–water partition coefficient (Wildman–Crippen LogP) is 3.73. The zero-order valence-electron chi connectivity index (χ0n) is 19.4. The smallest absolute Gasteiger partial charge is 0.320 e. The van der Waals surface area contributed by atoms with Crippen molar-refractivity contribution in [2.75, 3.05) is 31.6 Å². The summed E-state index contributed by atoms with van der Waals surface area (Å²) in [7, 11) is 0. The Morgan fingerprint density at radius 1 is 1.26 bits per heavy atom. The first-order chi connectivity index (χ1) is 16.2. The molecule has 4 rings (SSSR count). The third kappa shape index (κ3) is 5.40. The van der Waals surface area contributed by atoms with Crippen LogP contribution in [-0.4, -0.2) is 57.6 Å². The van der Waals surface area contributed by atoms with Gasteiger partial charge in [-0.1, -0.05) is 30.3 Å². The maximum Gasteiger partial charge on any atom is 0.320 e. The average Bonchev–Trinajstić information content (AvgIpc) is 2.78. The highest BCUT2D eigenvalue weighted by atomic mass is 16.6. The number of nitro groups is 1. The van der Waals surface area contributed by atoms with E-state index >= 15 is 0 Å². The number of nitro benzene ring substituents is 1. The van der Waals surface area contributed by atoms with Crippen LogP contribution in [0.3, 0.4) is 0 Å². The molecule has 10 nitrogen and oxygen atoms in total. The van der Waals surface area contributed by atoms with Gasteiger partial charge in [-0.05, 0) is 26.3 Å². The summed E-state index contributed by atoms with van der Waals surface area (Å²) in [6.45, 7) is 7.01. The summed E-state index contributed by atoms with van der Waals surface area (Å²) < 4.78 is 11.1. The minimum atomic E-state index is -0.582. The minimum Gasteiger partial charge on any atom is -0.485 e. The molecule has 34 heavy (non-hydrogen) atoms. The molecule has 0 aliphatic carbocycles. The van der Waals surface area contributed by atoms with E-state index in [9.17, 15) is 14.9 Å². The first kappa shape index (κ1) is 23.4. The van der Waals surface area contributed by atoms with Crippen LogP contribution in [-0.2, 0) is 9.53 Å². The molecule has 0 spiro atoms. The third-order valence-electron chi connectivity index (χ3n) is 5.58. The minimum absolute atomic E-state index is 0.0604. The number of ether oxygens (including phenoxy) is 2. The second-order valence-corrected chi connectivity index (χ2v) is 8.89. The summed E-state index contributed by atoms with van der Waals surface area (Å²) in [5.74, 6) is 0.330. The summed E-state index contributed by atoms with van der Waals surface area (Å²) in [5.41, 5.74) is 0.840. The summed E-state index contributed by atoms with van der Waals surface area (Å²) in [6.07, 6.45) is 1.42. The van der Waals surface area contributed by atoms with Crippen LogP contribution in [0.1, 0.15) is 32.4 Å². The fraction of sp³-hybridized carbons (Fsp3) is 0.375. The van der Waals surface area contributed by atoms with Crippen molar-refractivity contribution in [2.24, 2.45) is 0 Å². The summed E-state index contributed by atoms with van der Waals surface area (Å²) >= 11 is 0. The van der Waals surface area contributed by atoms with Crippen LogP contribution in [0.15, 0.2) is 48.8 Å². The summed E-state index contributed by atoms with van der Waals surface area (Å²) in [4.78, 5) is 33.6. The van der Waals surface area contributed by atoms with Crippen molar-refractivity contribution in [1.29, 1.82) is 0 Å². The number of aromatic nitrogens is 2. The molecule has 1 aliphatic rings. The molecule has 2 aromatic carbocycles. The van der Waals surface area contributed by atoms with E-state index in [1.165, 1.54) is 12.4 Å². The Morgan fingerprint density at radius 3 is 2.74 bits per heavy atom. The fourth-order valence-electron chi connectivity index (χ4n) is 4.07. The van der Waals surface area contributed by atoms with Crippen molar-refractivity contribution in [3.63, 3.8) is 0 Å². The van der Waals surface area contributed by atoms with E-state index in [1.54, 1.807) is 6.07 Å². The first-order valence-corrected chi connectivity index (χ1v) is 11.0. The van der Waals surface area contributed by atoms with Crippen LogP contribution in [0.25, 0.3) is 10.9 Å². The van der Waals surface area contributed by atoms with E-state index in [2.05, 4.69) is 15.3 Å². The summed E-state index contributed by atoms with van der Waals surface area (Å²) in [6, 6.07) is 12.8. The Kier molecular flexibility index (Phi) is 6.60. The van der Waals surface area contributed by atoms with Gasteiger partial charge in [-0.3, -0.25) is 19.8 Å². The molecule has 1 unspecified atom stereocenters. The van der Waals surface area contributed by atoms with Crippen molar-refractivity contribution in [3.8, 4) is 5.75 Å². The molecule has 10 heteroatoms. The van der Waals surface area contributed by atoms with Gasteiger partial charge in [0.25, 0.3) is 0 Å². The van der Waals surface area contributed by atoms with Gasteiger partial charge in [0.1, 0.15) is 24.4 Å². The maximum absolute atomic E-state index is 11.8. The Hall–Kier alpha value is -3.79. The number of hydrogen-bond acceptors (Lipinski definition) is 9. The average molecular weight is 466 g/mol. The second kappa shape index (κ2) is 9.60. The molecule has 1 fully saturated rings. The zero-order valence-corrected chi connectivity index (χ0v) is 19.4. The molecule has 0 radical (unpaired) electrons. The lowest BCUT2D eigenvalue weighted by Gasteiger charge is -2.37. The Labute approximate surface area is 197 Å². The van der Waals surface area contributed by atoms with Gasteiger partial charge in [0.15, 0.2) is 5.75 Å². The lowest BCUT2D eigenvalue weighted by atomic mass is 10.1.